The fraction of sp³-hybridized carbons (Fsp3) is 0.350. The molecule has 0 aliphatic heterocycles. The Bertz CT molecular complexity index is 702. The summed E-state index contributed by atoms with van der Waals surface area (Å²) in [7, 11) is 5.42. The molecular weight excluding hydrogens is 335 g/mol. The summed E-state index contributed by atoms with van der Waals surface area (Å²) in [5.74, 6) is 0.824. The topological polar surface area (TPSA) is 50.8 Å². The molecule has 1 N–H and O–H groups in total. The molecule has 0 aliphatic rings. The third-order valence-electron chi connectivity index (χ3n) is 4.09. The predicted molar refractivity (Wildman–Crippen MR) is 98.9 cm³/mol. The predicted octanol–water partition coefficient (Wildman–Crippen LogP) is 3.02. The van der Waals surface area contributed by atoms with Crippen LogP contribution in [0.5, 0.6) is 11.5 Å². The molecule has 5 nitrogen and oxygen atoms in total. The van der Waals surface area contributed by atoms with Crippen molar-refractivity contribution in [2.24, 2.45) is 0 Å². The van der Waals surface area contributed by atoms with E-state index in [1.807, 2.05) is 19.0 Å². The van der Waals surface area contributed by atoms with Crippen molar-refractivity contribution in [3.8, 4) is 11.5 Å². The van der Waals surface area contributed by atoms with Crippen LogP contribution in [0.1, 0.15) is 18.5 Å². The van der Waals surface area contributed by atoms with Gasteiger partial charge in [-0.05, 0) is 63.0 Å². The van der Waals surface area contributed by atoms with E-state index >= 15 is 0 Å². The van der Waals surface area contributed by atoms with Crippen LogP contribution in [0.3, 0.4) is 0 Å². The van der Waals surface area contributed by atoms with Crippen molar-refractivity contribution in [3.05, 3.63) is 59.9 Å². The molecule has 2 rings (SSSR count). The molecule has 0 aliphatic carbocycles. The smallest absolute Gasteiger partial charge is 0.260 e. The van der Waals surface area contributed by atoms with Crippen molar-refractivity contribution < 1.29 is 18.7 Å². The minimum Gasteiger partial charge on any atom is -0.497 e. The second-order valence-corrected chi connectivity index (χ2v) is 6.21. The molecule has 2 aromatic carbocycles. The highest BCUT2D eigenvalue weighted by Gasteiger charge is 2.19. The zero-order valence-electron chi connectivity index (χ0n) is 15.5. The van der Waals surface area contributed by atoms with Gasteiger partial charge in [0.2, 0.25) is 0 Å². The van der Waals surface area contributed by atoms with Gasteiger partial charge in [-0.1, -0.05) is 12.1 Å². The zero-order valence-corrected chi connectivity index (χ0v) is 15.5. The summed E-state index contributed by atoms with van der Waals surface area (Å²) in [5.41, 5.74) is 0.931. The fourth-order valence-electron chi connectivity index (χ4n) is 2.54. The average Bonchev–Trinajstić information content (AvgIpc) is 2.63. The van der Waals surface area contributed by atoms with Crippen LogP contribution in [0.15, 0.2) is 48.5 Å². The first kappa shape index (κ1) is 19.7. The monoisotopic (exact) mass is 360 g/mol. The van der Waals surface area contributed by atoms with Gasteiger partial charge in [-0.3, -0.25) is 4.79 Å². The van der Waals surface area contributed by atoms with Gasteiger partial charge in [-0.25, -0.2) is 4.39 Å². The largest absolute Gasteiger partial charge is 0.497 e. The quantitative estimate of drug-likeness (QED) is 0.786. The molecule has 2 aromatic rings. The van der Waals surface area contributed by atoms with Crippen molar-refractivity contribution in [1.82, 2.24) is 10.2 Å². The molecule has 1 amide bonds. The Morgan fingerprint density at radius 1 is 1.08 bits per heavy atom. The van der Waals surface area contributed by atoms with Gasteiger partial charge >= 0.3 is 0 Å². The van der Waals surface area contributed by atoms with E-state index in [4.69, 9.17) is 9.47 Å². The number of benzene rings is 2. The van der Waals surface area contributed by atoms with E-state index in [1.54, 1.807) is 50.4 Å². The Balaban J connectivity index is 1.92. The van der Waals surface area contributed by atoms with E-state index in [0.29, 0.717) is 12.3 Å². The third kappa shape index (κ3) is 5.46. The summed E-state index contributed by atoms with van der Waals surface area (Å²) in [6.45, 7) is 2.09. The first-order valence-corrected chi connectivity index (χ1v) is 8.41. The number of nitrogens with one attached hydrogen (secondary N) is 1. The second-order valence-electron chi connectivity index (χ2n) is 6.21. The molecular formula is C20H25FN2O3. The molecule has 0 spiro atoms. The number of amides is 1. The Kier molecular flexibility index (Phi) is 6.97. The molecule has 0 saturated carbocycles. The van der Waals surface area contributed by atoms with Crippen LogP contribution in [0.25, 0.3) is 0 Å². The maximum atomic E-state index is 13.1. The van der Waals surface area contributed by atoms with Crippen LogP contribution < -0.4 is 14.8 Å². The van der Waals surface area contributed by atoms with Gasteiger partial charge in [0.05, 0.1) is 13.2 Å². The van der Waals surface area contributed by atoms with Gasteiger partial charge in [-0.15, -0.1) is 0 Å². The molecule has 0 bridgehead atoms. The lowest BCUT2D eigenvalue weighted by atomic mass is 10.1. The number of carbonyl (C=O) groups is 1. The van der Waals surface area contributed by atoms with Crippen molar-refractivity contribution in [3.63, 3.8) is 0 Å². The summed E-state index contributed by atoms with van der Waals surface area (Å²) >= 11 is 0. The Hall–Kier alpha value is -2.60. The maximum absolute atomic E-state index is 13.1. The SMILES string of the molecule is COc1ccc(OC(C)C(=O)NCC(c2ccc(F)cc2)N(C)C)cc1. The standard InChI is InChI=1S/C20H25FN2O3/c1-14(26-18-11-9-17(25-4)10-12-18)20(24)22-13-19(23(2)3)15-5-7-16(21)8-6-15/h5-12,14,19H,13H2,1-4H3,(H,22,24). The van der Waals surface area contributed by atoms with Gasteiger partial charge in [-0.2, -0.15) is 0 Å². The number of hydrogen-bond acceptors (Lipinski definition) is 4. The van der Waals surface area contributed by atoms with Crippen LogP contribution in [0.2, 0.25) is 0 Å². The van der Waals surface area contributed by atoms with Gasteiger partial charge in [0.15, 0.2) is 6.10 Å². The van der Waals surface area contributed by atoms with Crippen molar-refractivity contribution >= 4 is 5.91 Å². The van der Waals surface area contributed by atoms with E-state index < -0.39 is 6.10 Å². The van der Waals surface area contributed by atoms with Crippen LogP contribution in [0.4, 0.5) is 4.39 Å². The second kappa shape index (κ2) is 9.20. The molecule has 2 unspecified atom stereocenters. The lowest BCUT2D eigenvalue weighted by molar-refractivity contribution is -0.127. The summed E-state index contributed by atoms with van der Waals surface area (Å²) in [6.07, 6.45) is -0.639. The van der Waals surface area contributed by atoms with Gasteiger partial charge < -0.3 is 19.7 Å². The Morgan fingerprint density at radius 2 is 1.65 bits per heavy atom. The third-order valence-corrected chi connectivity index (χ3v) is 4.09. The van der Waals surface area contributed by atoms with Crippen molar-refractivity contribution in [1.29, 1.82) is 0 Å². The lowest BCUT2D eigenvalue weighted by Gasteiger charge is -2.26. The number of hydrogen-bond donors (Lipinski definition) is 1. The zero-order chi connectivity index (χ0) is 19.1. The van der Waals surface area contributed by atoms with E-state index in [-0.39, 0.29) is 17.8 Å². The molecule has 2 atom stereocenters. The number of ether oxygens (including phenoxy) is 2. The van der Waals surface area contributed by atoms with Crippen molar-refractivity contribution in [2.75, 3.05) is 27.7 Å². The minimum atomic E-state index is -0.639. The fourth-order valence-corrected chi connectivity index (χ4v) is 2.54. The summed E-state index contributed by atoms with van der Waals surface area (Å²) in [4.78, 5) is 14.3. The summed E-state index contributed by atoms with van der Waals surface area (Å²) in [6, 6.07) is 13.3. The van der Waals surface area contributed by atoms with Crippen LogP contribution in [0, 0.1) is 5.82 Å². The summed E-state index contributed by atoms with van der Waals surface area (Å²) in [5, 5.41) is 2.90. The normalized spacial score (nSPS) is 13.2. The first-order chi connectivity index (χ1) is 12.4. The molecule has 0 aromatic heterocycles. The molecule has 26 heavy (non-hydrogen) atoms. The number of rotatable bonds is 8. The number of methoxy groups -OCH3 is 1. The molecule has 0 fully saturated rings. The van der Waals surface area contributed by atoms with E-state index in [2.05, 4.69) is 5.32 Å². The maximum Gasteiger partial charge on any atom is 0.260 e. The Morgan fingerprint density at radius 3 is 2.19 bits per heavy atom. The summed E-state index contributed by atoms with van der Waals surface area (Å²) < 4.78 is 23.9. The van der Waals surface area contributed by atoms with Crippen LogP contribution >= 0.6 is 0 Å². The number of halogens is 1. The van der Waals surface area contributed by atoms with Gasteiger partial charge in [0, 0.05) is 6.54 Å². The van der Waals surface area contributed by atoms with E-state index in [1.165, 1.54) is 12.1 Å². The van der Waals surface area contributed by atoms with Gasteiger partial charge in [0.25, 0.3) is 5.91 Å². The van der Waals surface area contributed by atoms with E-state index in [0.717, 1.165) is 11.3 Å². The highest BCUT2D eigenvalue weighted by molar-refractivity contribution is 5.80. The molecule has 140 valence electrons. The number of carbonyl (C=O) groups excluding carboxylic acids is 1. The molecule has 0 heterocycles. The number of nitrogens with zero attached hydrogens (tertiary/aromatic N) is 1. The highest BCUT2D eigenvalue weighted by Crippen LogP contribution is 2.19. The molecule has 6 heteroatoms. The lowest BCUT2D eigenvalue weighted by Crippen LogP contribution is -2.41. The minimum absolute atomic E-state index is 0.0623. The first-order valence-electron chi connectivity index (χ1n) is 8.41. The Labute approximate surface area is 153 Å². The van der Waals surface area contributed by atoms with E-state index in [9.17, 15) is 9.18 Å². The molecule has 0 radical (unpaired) electrons. The highest BCUT2D eigenvalue weighted by atomic mass is 19.1. The average molecular weight is 360 g/mol. The number of likely N-dealkylation sites (N-methyl/N-ethyl adjacent to an activating group) is 1. The van der Waals surface area contributed by atoms with Crippen molar-refractivity contribution in [2.45, 2.75) is 19.1 Å². The van der Waals surface area contributed by atoms with Crippen LogP contribution in [-0.4, -0.2) is 44.7 Å². The van der Waals surface area contributed by atoms with Crippen LogP contribution in [-0.2, 0) is 4.79 Å². The molecule has 0 saturated heterocycles. The van der Waals surface area contributed by atoms with Gasteiger partial charge in [0.1, 0.15) is 17.3 Å².